The molecule has 0 radical (unpaired) electrons. The van der Waals surface area contributed by atoms with Crippen LogP contribution in [0.25, 0.3) is 0 Å². The lowest BCUT2D eigenvalue weighted by atomic mass is 10.0. The van der Waals surface area contributed by atoms with E-state index < -0.39 is 22.6 Å². The van der Waals surface area contributed by atoms with Crippen LogP contribution in [-0.2, 0) is 9.53 Å². The van der Waals surface area contributed by atoms with Crippen molar-refractivity contribution in [3.8, 4) is 6.07 Å². The molecular formula is C13H16N4O4. The molecule has 0 fully saturated rings. The molecule has 0 saturated heterocycles. The Morgan fingerprint density at radius 3 is 2.76 bits per heavy atom. The fraction of sp³-hybridized carbons (Fsp3) is 0.462. The van der Waals surface area contributed by atoms with Crippen LogP contribution in [0.2, 0.25) is 0 Å². The minimum atomic E-state index is -0.768. The van der Waals surface area contributed by atoms with Crippen molar-refractivity contribution in [2.75, 3.05) is 12.4 Å². The van der Waals surface area contributed by atoms with E-state index in [1.165, 1.54) is 19.4 Å². The molecule has 1 aromatic heterocycles. The molecule has 1 unspecified atom stereocenters. The number of nitrogens with one attached hydrogen (secondary N) is 1. The Morgan fingerprint density at radius 1 is 1.62 bits per heavy atom. The number of nitriles is 1. The first-order valence-corrected chi connectivity index (χ1v) is 6.28. The van der Waals surface area contributed by atoms with Gasteiger partial charge in [0.25, 0.3) is 0 Å². The number of hydrogen-bond acceptors (Lipinski definition) is 7. The molecule has 21 heavy (non-hydrogen) atoms. The Bertz CT molecular complexity index is 580. The maximum absolute atomic E-state index is 11.7. The highest BCUT2D eigenvalue weighted by Gasteiger charge is 2.27. The summed E-state index contributed by atoms with van der Waals surface area (Å²) in [5.41, 5.74) is -0.566. The van der Waals surface area contributed by atoms with E-state index in [9.17, 15) is 14.9 Å². The number of hydrogen-bond donors (Lipinski definition) is 1. The highest BCUT2D eigenvalue weighted by atomic mass is 16.6. The van der Waals surface area contributed by atoms with Crippen LogP contribution in [0.5, 0.6) is 0 Å². The second-order valence-electron chi connectivity index (χ2n) is 4.77. The van der Waals surface area contributed by atoms with Crippen molar-refractivity contribution < 1.29 is 14.5 Å². The van der Waals surface area contributed by atoms with Crippen LogP contribution >= 0.6 is 0 Å². The average molecular weight is 292 g/mol. The number of pyridine rings is 1. The largest absolute Gasteiger partial charge is 0.467 e. The number of nitrogens with zero attached hydrogens (tertiary/aromatic N) is 3. The van der Waals surface area contributed by atoms with Gasteiger partial charge in [-0.15, -0.1) is 0 Å². The molecule has 1 aromatic rings. The zero-order chi connectivity index (χ0) is 16.0. The molecule has 0 spiro atoms. The summed E-state index contributed by atoms with van der Waals surface area (Å²) >= 11 is 0. The van der Waals surface area contributed by atoms with Gasteiger partial charge in [0, 0.05) is 6.20 Å². The van der Waals surface area contributed by atoms with Crippen molar-refractivity contribution in [3.05, 3.63) is 27.9 Å². The summed E-state index contributed by atoms with van der Waals surface area (Å²) in [7, 11) is 1.24. The van der Waals surface area contributed by atoms with E-state index in [-0.39, 0.29) is 17.3 Å². The monoisotopic (exact) mass is 292 g/mol. The highest BCUT2D eigenvalue weighted by molar-refractivity contribution is 5.80. The molecule has 0 aliphatic carbocycles. The van der Waals surface area contributed by atoms with Gasteiger partial charge < -0.3 is 10.1 Å². The summed E-state index contributed by atoms with van der Waals surface area (Å²) < 4.78 is 4.68. The lowest BCUT2D eigenvalue weighted by Gasteiger charge is -2.18. The van der Waals surface area contributed by atoms with E-state index in [4.69, 9.17) is 5.26 Å². The molecule has 0 bridgehead atoms. The van der Waals surface area contributed by atoms with Crippen molar-refractivity contribution in [2.45, 2.75) is 26.3 Å². The van der Waals surface area contributed by atoms with E-state index in [0.29, 0.717) is 6.42 Å². The smallest absolute Gasteiger partial charge is 0.328 e. The summed E-state index contributed by atoms with van der Waals surface area (Å²) in [5, 5.41) is 22.7. The predicted molar refractivity (Wildman–Crippen MR) is 74.5 cm³/mol. The van der Waals surface area contributed by atoms with Crippen LogP contribution < -0.4 is 5.32 Å². The molecule has 0 amide bonds. The van der Waals surface area contributed by atoms with Gasteiger partial charge in [-0.25, -0.2) is 9.78 Å². The Morgan fingerprint density at radius 2 is 2.29 bits per heavy atom. The van der Waals surface area contributed by atoms with Crippen molar-refractivity contribution in [3.63, 3.8) is 0 Å². The Kier molecular flexibility index (Phi) is 5.60. The van der Waals surface area contributed by atoms with E-state index >= 15 is 0 Å². The van der Waals surface area contributed by atoms with E-state index in [1.54, 1.807) is 6.07 Å². The van der Waals surface area contributed by atoms with E-state index in [0.717, 1.165) is 0 Å². The average Bonchev–Trinajstić information content (AvgIpc) is 2.44. The van der Waals surface area contributed by atoms with Gasteiger partial charge in [0.1, 0.15) is 17.7 Å². The van der Waals surface area contributed by atoms with Crippen molar-refractivity contribution in [1.82, 2.24) is 4.98 Å². The van der Waals surface area contributed by atoms with Gasteiger partial charge in [0.2, 0.25) is 5.82 Å². The molecule has 0 aliphatic rings. The second kappa shape index (κ2) is 7.19. The van der Waals surface area contributed by atoms with Gasteiger partial charge in [0.05, 0.1) is 12.0 Å². The van der Waals surface area contributed by atoms with E-state index in [2.05, 4.69) is 15.0 Å². The third-order valence-electron chi connectivity index (χ3n) is 2.73. The topological polar surface area (TPSA) is 118 Å². The molecule has 1 N–H and O–H groups in total. The van der Waals surface area contributed by atoms with Crippen LogP contribution in [0.1, 0.15) is 25.8 Å². The fourth-order valence-electron chi connectivity index (χ4n) is 1.83. The first-order valence-electron chi connectivity index (χ1n) is 6.28. The molecule has 0 aromatic carbocycles. The molecule has 0 aliphatic heterocycles. The Hall–Kier alpha value is -2.69. The van der Waals surface area contributed by atoms with Crippen LogP contribution in [0, 0.1) is 27.4 Å². The van der Waals surface area contributed by atoms with Crippen molar-refractivity contribution in [1.29, 1.82) is 5.26 Å². The minimum absolute atomic E-state index is 0.116. The van der Waals surface area contributed by atoms with Gasteiger partial charge in [-0.05, 0) is 18.4 Å². The van der Waals surface area contributed by atoms with Crippen LogP contribution in [-0.4, -0.2) is 29.0 Å². The molecule has 8 nitrogen and oxygen atoms in total. The first-order chi connectivity index (χ1) is 9.90. The van der Waals surface area contributed by atoms with Gasteiger partial charge >= 0.3 is 11.7 Å². The van der Waals surface area contributed by atoms with E-state index in [1.807, 2.05) is 13.8 Å². The normalized spacial score (nSPS) is 11.6. The van der Waals surface area contributed by atoms with Gasteiger partial charge in [0.15, 0.2) is 0 Å². The Labute approximate surface area is 121 Å². The molecule has 1 atom stereocenters. The van der Waals surface area contributed by atoms with Crippen molar-refractivity contribution >= 4 is 17.5 Å². The third kappa shape index (κ3) is 4.14. The summed E-state index contributed by atoms with van der Waals surface area (Å²) in [5.74, 6) is -0.489. The molecule has 1 heterocycles. The number of methoxy groups -OCH3 is 1. The second-order valence-corrected chi connectivity index (χ2v) is 4.77. The predicted octanol–water partition coefficient (Wildman–Crippen LogP) is 1.86. The third-order valence-corrected chi connectivity index (χ3v) is 2.73. The molecule has 1 rings (SSSR count). The van der Waals surface area contributed by atoms with Gasteiger partial charge in [-0.2, -0.15) is 5.26 Å². The Balaban J connectivity index is 3.17. The summed E-state index contributed by atoms with van der Waals surface area (Å²) in [4.78, 5) is 26.0. The lowest BCUT2D eigenvalue weighted by molar-refractivity contribution is -0.384. The van der Waals surface area contributed by atoms with Gasteiger partial charge in [-0.1, -0.05) is 13.8 Å². The number of carbonyl (C=O) groups excluding carboxylic acids is 1. The lowest BCUT2D eigenvalue weighted by Crippen LogP contribution is -2.32. The molecular weight excluding hydrogens is 276 g/mol. The highest BCUT2D eigenvalue weighted by Crippen LogP contribution is 2.27. The quantitative estimate of drug-likeness (QED) is 0.483. The number of anilines is 1. The van der Waals surface area contributed by atoms with Crippen molar-refractivity contribution in [2.24, 2.45) is 5.92 Å². The van der Waals surface area contributed by atoms with Crippen LogP contribution in [0.4, 0.5) is 11.5 Å². The SMILES string of the molecule is COC(=O)C(CC(C)C)Nc1nccc(C#N)c1[N+](=O)[O-]. The number of ether oxygens (including phenoxy) is 1. The molecule has 112 valence electrons. The number of carbonyl (C=O) groups is 1. The fourth-order valence-corrected chi connectivity index (χ4v) is 1.83. The standard InChI is InChI=1S/C13H16N4O4/c1-8(2)6-10(13(18)21-3)16-12-11(17(19)20)9(7-14)4-5-15-12/h4-5,8,10H,6H2,1-3H3,(H,15,16). The summed E-state index contributed by atoms with van der Waals surface area (Å²) in [6.07, 6.45) is 1.69. The maximum Gasteiger partial charge on any atom is 0.328 e. The minimum Gasteiger partial charge on any atom is -0.467 e. The maximum atomic E-state index is 11.7. The number of rotatable bonds is 6. The number of nitro groups is 1. The summed E-state index contributed by atoms with van der Waals surface area (Å²) in [6, 6.07) is 2.22. The molecule has 8 heteroatoms. The van der Waals surface area contributed by atoms with Gasteiger partial charge in [-0.3, -0.25) is 10.1 Å². The zero-order valence-electron chi connectivity index (χ0n) is 12.0. The number of esters is 1. The van der Waals surface area contributed by atoms with Crippen LogP contribution in [0.3, 0.4) is 0 Å². The van der Waals surface area contributed by atoms with Crippen LogP contribution in [0.15, 0.2) is 12.3 Å². The molecule has 0 saturated carbocycles. The summed E-state index contributed by atoms with van der Waals surface area (Å²) in [6.45, 7) is 3.82. The number of aromatic nitrogens is 1. The first kappa shape index (κ1) is 16.4. The zero-order valence-corrected chi connectivity index (χ0v) is 12.0.